The van der Waals surface area contributed by atoms with Crippen LogP contribution in [0.1, 0.15) is 30.9 Å². The molecule has 1 N–H and O–H groups in total. The number of nitrogens with zero attached hydrogens (tertiary/aromatic N) is 1. The standard InChI is InChI=1S/C14H20FNO/c1-16(10-11-5-6-11)8-7-14(17)12-3-2-4-13(15)9-12/h2-4,9,11,14,17H,5-8,10H2,1H3. The Morgan fingerprint density at radius 1 is 1.47 bits per heavy atom. The van der Waals surface area contributed by atoms with Gasteiger partial charge in [-0.25, -0.2) is 4.39 Å². The summed E-state index contributed by atoms with van der Waals surface area (Å²) in [5.74, 6) is 0.583. The molecule has 1 aromatic carbocycles. The van der Waals surface area contributed by atoms with E-state index in [4.69, 9.17) is 0 Å². The molecule has 3 heteroatoms. The number of hydrogen-bond donors (Lipinski definition) is 1. The lowest BCUT2D eigenvalue weighted by molar-refractivity contribution is 0.147. The third-order valence-corrected chi connectivity index (χ3v) is 3.28. The van der Waals surface area contributed by atoms with Gasteiger partial charge in [-0.3, -0.25) is 0 Å². The van der Waals surface area contributed by atoms with Crippen molar-refractivity contribution in [3.63, 3.8) is 0 Å². The van der Waals surface area contributed by atoms with Crippen LogP contribution in [0, 0.1) is 11.7 Å². The van der Waals surface area contributed by atoms with Gasteiger partial charge in [0, 0.05) is 13.1 Å². The van der Waals surface area contributed by atoms with Crippen molar-refractivity contribution >= 4 is 0 Å². The average molecular weight is 237 g/mol. The van der Waals surface area contributed by atoms with Crippen LogP contribution in [0.5, 0.6) is 0 Å². The van der Waals surface area contributed by atoms with Crippen LogP contribution < -0.4 is 0 Å². The molecule has 0 aliphatic heterocycles. The molecule has 94 valence electrons. The molecule has 0 radical (unpaired) electrons. The minimum Gasteiger partial charge on any atom is -0.388 e. The molecular weight excluding hydrogens is 217 g/mol. The first kappa shape index (κ1) is 12.5. The van der Waals surface area contributed by atoms with Crippen LogP contribution in [0.15, 0.2) is 24.3 Å². The lowest BCUT2D eigenvalue weighted by Crippen LogP contribution is -2.23. The van der Waals surface area contributed by atoms with Gasteiger partial charge in [-0.2, -0.15) is 0 Å². The highest BCUT2D eigenvalue weighted by atomic mass is 19.1. The smallest absolute Gasteiger partial charge is 0.123 e. The van der Waals surface area contributed by atoms with Gasteiger partial charge in [-0.05, 0) is 49.9 Å². The molecule has 1 aliphatic rings. The summed E-state index contributed by atoms with van der Waals surface area (Å²) in [4.78, 5) is 2.25. The number of rotatable bonds is 6. The first-order valence-corrected chi connectivity index (χ1v) is 6.27. The Bertz CT molecular complexity index is 365. The Balaban J connectivity index is 1.77. The molecule has 0 amide bonds. The van der Waals surface area contributed by atoms with Crippen molar-refractivity contribution in [3.8, 4) is 0 Å². The summed E-state index contributed by atoms with van der Waals surface area (Å²) >= 11 is 0. The van der Waals surface area contributed by atoms with Crippen LogP contribution in [-0.2, 0) is 0 Å². The van der Waals surface area contributed by atoms with Crippen LogP contribution in [0.3, 0.4) is 0 Å². The molecule has 0 heterocycles. The minimum atomic E-state index is -0.563. The first-order valence-electron chi connectivity index (χ1n) is 6.27. The monoisotopic (exact) mass is 237 g/mol. The van der Waals surface area contributed by atoms with Crippen LogP contribution in [0.4, 0.5) is 4.39 Å². The summed E-state index contributed by atoms with van der Waals surface area (Å²) in [5, 5.41) is 9.95. The quantitative estimate of drug-likeness (QED) is 0.822. The maximum atomic E-state index is 13.0. The number of halogens is 1. The first-order chi connectivity index (χ1) is 8.15. The molecule has 2 rings (SSSR count). The van der Waals surface area contributed by atoms with E-state index in [1.54, 1.807) is 12.1 Å². The third-order valence-electron chi connectivity index (χ3n) is 3.28. The van der Waals surface area contributed by atoms with Gasteiger partial charge in [0.1, 0.15) is 5.82 Å². The van der Waals surface area contributed by atoms with Gasteiger partial charge in [-0.15, -0.1) is 0 Å². The molecule has 0 saturated heterocycles. The van der Waals surface area contributed by atoms with Crippen LogP contribution >= 0.6 is 0 Å². The second-order valence-corrected chi connectivity index (χ2v) is 5.07. The minimum absolute atomic E-state index is 0.284. The Hall–Kier alpha value is -0.930. The van der Waals surface area contributed by atoms with Gasteiger partial charge >= 0.3 is 0 Å². The summed E-state index contributed by atoms with van der Waals surface area (Å²) in [6.07, 6.45) is 2.78. The Labute approximate surface area is 102 Å². The Morgan fingerprint density at radius 3 is 2.88 bits per heavy atom. The summed E-state index contributed by atoms with van der Waals surface area (Å²) in [6, 6.07) is 6.22. The lowest BCUT2D eigenvalue weighted by Gasteiger charge is -2.18. The van der Waals surface area contributed by atoms with E-state index in [0.717, 1.165) is 19.0 Å². The predicted molar refractivity (Wildman–Crippen MR) is 66.2 cm³/mol. The molecule has 1 unspecified atom stereocenters. The van der Waals surface area contributed by atoms with Crippen molar-refractivity contribution in [2.75, 3.05) is 20.1 Å². The van der Waals surface area contributed by atoms with E-state index in [9.17, 15) is 9.50 Å². The number of benzene rings is 1. The van der Waals surface area contributed by atoms with E-state index in [2.05, 4.69) is 11.9 Å². The van der Waals surface area contributed by atoms with Crippen molar-refractivity contribution in [1.82, 2.24) is 4.90 Å². The highest BCUT2D eigenvalue weighted by Gasteiger charge is 2.22. The molecular formula is C14H20FNO. The topological polar surface area (TPSA) is 23.5 Å². The maximum absolute atomic E-state index is 13.0. The van der Waals surface area contributed by atoms with E-state index in [1.807, 2.05) is 0 Å². The number of aliphatic hydroxyl groups excluding tert-OH is 1. The van der Waals surface area contributed by atoms with E-state index >= 15 is 0 Å². The van der Waals surface area contributed by atoms with Gasteiger partial charge in [0.15, 0.2) is 0 Å². The lowest BCUT2D eigenvalue weighted by atomic mass is 10.1. The second kappa shape index (κ2) is 5.61. The number of hydrogen-bond acceptors (Lipinski definition) is 2. The molecule has 1 aromatic rings. The highest BCUT2D eigenvalue weighted by Crippen LogP contribution is 2.29. The largest absolute Gasteiger partial charge is 0.388 e. The molecule has 1 fully saturated rings. The molecule has 1 aliphatic carbocycles. The molecule has 1 atom stereocenters. The fourth-order valence-electron chi connectivity index (χ4n) is 2.06. The molecule has 0 spiro atoms. The van der Waals surface area contributed by atoms with E-state index < -0.39 is 6.10 Å². The average Bonchev–Trinajstić information content (AvgIpc) is 3.10. The maximum Gasteiger partial charge on any atom is 0.123 e. The van der Waals surface area contributed by atoms with E-state index in [-0.39, 0.29) is 5.82 Å². The zero-order valence-electron chi connectivity index (χ0n) is 10.3. The Morgan fingerprint density at radius 2 is 2.24 bits per heavy atom. The summed E-state index contributed by atoms with van der Waals surface area (Å²) in [5.41, 5.74) is 0.671. The van der Waals surface area contributed by atoms with Crippen molar-refractivity contribution in [2.24, 2.45) is 5.92 Å². The van der Waals surface area contributed by atoms with Gasteiger partial charge in [0.25, 0.3) is 0 Å². The third kappa shape index (κ3) is 4.10. The fourth-order valence-corrected chi connectivity index (χ4v) is 2.06. The summed E-state index contributed by atoms with van der Waals surface area (Å²) in [6.45, 7) is 1.98. The van der Waals surface area contributed by atoms with E-state index in [0.29, 0.717) is 12.0 Å². The van der Waals surface area contributed by atoms with Crippen molar-refractivity contribution in [2.45, 2.75) is 25.4 Å². The second-order valence-electron chi connectivity index (χ2n) is 5.07. The number of aliphatic hydroxyl groups is 1. The summed E-state index contributed by atoms with van der Waals surface area (Å²) < 4.78 is 13.0. The normalized spacial score (nSPS) is 17.4. The SMILES string of the molecule is CN(CCC(O)c1cccc(F)c1)CC1CC1. The molecule has 2 nitrogen and oxygen atoms in total. The van der Waals surface area contributed by atoms with Gasteiger partial charge in [0.05, 0.1) is 6.10 Å². The van der Waals surface area contributed by atoms with Crippen LogP contribution in [-0.4, -0.2) is 30.1 Å². The molecule has 17 heavy (non-hydrogen) atoms. The fraction of sp³-hybridized carbons (Fsp3) is 0.571. The van der Waals surface area contributed by atoms with E-state index in [1.165, 1.54) is 25.0 Å². The van der Waals surface area contributed by atoms with Gasteiger partial charge in [-0.1, -0.05) is 12.1 Å². The van der Waals surface area contributed by atoms with Crippen molar-refractivity contribution in [1.29, 1.82) is 0 Å². The highest BCUT2D eigenvalue weighted by molar-refractivity contribution is 5.18. The molecule has 0 aromatic heterocycles. The van der Waals surface area contributed by atoms with Gasteiger partial charge < -0.3 is 10.0 Å². The molecule has 0 bridgehead atoms. The van der Waals surface area contributed by atoms with Crippen molar-refractivity contribution < 1.29 is 9.50 Å². The molecule has 1 saturated carbocycles. The van der Waals surface area contributed by atoms with Gasteiger partial charge in [0.2, 0.25) is 0 Å². The Kier molecular flexibility index (Phi) is 4.13. The summed E-state index contributed by atoms with van der Waals surface area (Å²) in [7, 11) is 2.08. The zero-order chi connectivity index (χ0) is 12.3. The van der Waals surface area contributed by atoms with Crippen molar-refractivity contribution in [3.05, 3.63) is 35.6 Å². The van der Waals surface area contributed by atoms with Crippen LogP contribution in [0.2, 0.25) is 0 Å². The zero-order valence-corrected chi connectivity index (χ0v) is 10.3. The predicted octanol–water partition coefficient (Wildman–Crippen LogP) is 2.59. The van der Waals surface area contributed by atoms with Crippen LogP contribution in [0.25, 0.3) is 0 Å².